The monoisotopic (exact) mass is 344 g/mol. The first-order chi connectivity index (χ1) is 11.9. The molecule has 0 radical (unpaired) electrons. The maximum Gasteiger partial charge on any atom is 0.409 e. The fourth-order valence-electron chi connectivity index (χ4n) is 2.88. The number of allylic oxidation sites excluding steroid dienone is 1. The first-order valence-electron chi connectivity index (χ1n) is 8.91. The zero-order valence-corrected chi connectivity index (χ0v) is 15.6. The highest BCUT2D eigenvalue weighted by Crippen LogP contribution is 2.24. The van der Waals surface area contributed by atoms with Crippen molar-refractivity contribution in [1.82, 2.24) is 9.80 Å². The SMILES string of the molecule is CCOC(=O)N1CCN(C(=O)/C=C(/c2ccc(C)cc2)C(C)C)CC1. The van der Waals surface area contributed by atoms with E-state index >= 15 is 0 Å². The van der Waals surface area contributed by atoms with Crippen molar-refractivity contribution in [3.05, 3.63) is 41.5 Å². The van der Waals surface area contributed by atoms with Crippen molar-refractivity contribution in [1.29, 1.82) is 0 Å². The van der Waals surface area contributed by atoms with Crippen LogP contribution >= 0.6 is 0 Å². The zero-order chi connectivity index (χ0) is 18.4. The third kappa shape index (κ3) is 5.08. The topological polar surface area (TPSA) is 49.9 Å². The summed E-state index contributed by atoms with van der Waals surface area (Å²) in [7, 11) is 0. The molecule has 5 nitrogen and oxygen atoms in total. The normalized spacial score (nSPS) is 15.5. The van der Waals surface area contributed by atoms with Crippen molar-refractivity contribution in [3.8, 4) is 0 Å². The summed E-state index contributed by atoms with van der Waals surface area (Å²) in [5.74, 6) is 0.264. The minimum Gasteiger partial charge on any atom is -0.450 e. The Kier molecular flexibility index (Phi) is 6.62. The number of carbonyl (C=O) groups is 2. The van der Waals surface area contributed by atoms with Gasteiger partial charge < -0.3 is 14.5 Å². The van der Waals surface area contributed by atoms with Crippen LogP contribution in [0.1, 0.15) is 31.9 Å². The molecule has 1 aromatic carbocycles. The summed E-state index contributed by atoms with van der Waals surface area (Å²) in [4.78, 5) is 27.9. The fourth-order valence-corrected chi connectivity index (χ4v) is 2.88. The smallest absolute Gasteiger partial charge is 0.409 e. The van der Waals surface area contributed by atoms with E-state index in [1.807, 2.05) is 0 Å². The van der Waals surface area contributed by atoms with E-state index < -0.39 is 0 Å². The lowest BCUT2D eigenvalue weighted by molar-refractivity contribution is -0.127. The average Bonchev–Trinajstić information content (AvgIpc) is 2.60. The van der Waals surface area contributed by atoms with Gasteiger partial charge in [0.25, 0.3) is 0 Å². The maximum absolute atomic E-state index is 12.7. The van der Waals surface area contributed by atoms with Crippen molar-refractivity contribution < 1.29 is 14.3 Å². The molecule has 0 aromatic heterocycles. The number of ether oxygens (including phenoxy) is 1. The van der Waals surface area contributed by atoms with Gasteiger partial charge in [0.1, 0.15) is 0 Å². The molecule has 0 bridgehead atoms. The van der Waals surface area contributed by atoms with Crippen molar-refractivity contribution >= 4 is 17.6 Å². The first-order valence-corrected chi connectivity index (χ1v) is 8.91. The van der Waals surface area contributed by atoms with Gasteiger partial charge >= 0.3 is 6.09 Å². The van der Waals surface area contributed by atoms with Crippen LogP contribution in [0.25, 0.3) is 5.57 Å². The Bertz CT molecular complexity index is 627. The number of aryl methyl sites for hydroxylation is 1. The molecule has 0 N–H and O–H groups in total. The predicted octanol–water partition coefficient (Wildman–Crippen LogP) is 3.34. The number of nitrogens with zero attached hydrogens (tertiary/aromatic N) is 2. The molecule has 0 spiro atoms. The van der Waals surface area contributed by atoms with E-state index in [0.29, 0.717) is 32.8 Å². The van der Waals surface area contributed by atoms with Gasteiger partial charge in [-0.25, -0.2) is 4.79 Å². The summed E-state index contributed by atoms with van der Waals surface area (Å²) in [5.41, 5.74) is 3.32. The fraction of sp³-hybridized carbons (Fsp3) is 0.500. The van der Waals surface area contributed by atoms with Crippen molar-refractivity contribution in [2.45, 2.75) is 27.7 Å². The van der Waals surface area contributed by atoms with E-state index in [1.165, 1.54) is 5.56 Å². The van der Waals surface area contributed by atoms with Crippen LogP contribution in [-0.2, 0) is 9.53 Å². The van der Waals surface area contributed by atoms with Gasteiger partial charge in [-0.05, 0) is 30.9 Å². The number of carbonyl (C=O) groups excluding carboxylic acids is 2. The van der Waals surface area contributed by atoms with Crippen LogP contribution in [0.15, 0.2) is 30.3 Å². The Morgan fingerprint density at radius 3 is 2.16 bits per heavy atom. The lowest BCUT2D eigenvalue weighted by Gasteiger charge is -2.33. The van der Waals surface area contributed by atoms with E-state index in [1.54, 1.807) is 22.8 Å². The summed E-state index contributed by atoms with van der Waals surface area (Å²) in [6.07, 6.45) is 1.45. The Hall–Kier alpha value is -2.30. The highest BCUT2D eigenvalue weighted by Gasteiger charge is 2.24. The van der Waals surface area contributed by atoms with Gasteiger partial charge in [-0.15, -0.1) is 0 Å². The molecule has 0 aliphatic carbocycles. The highest BCUT2D eigenvalue weighted by molar-refractivity contribution is 5.95. The van der Waals surface area contributed by atoms with Gasteiger partial charge in [0.2, 0.25) is 5.91 Å². The minimum atomic E-state index is -0.298. The number of benzene rings is 1. The second-order valence-electron chi connectivity index (χ2n) is 6.63. The molecular weight excluding hydrogens is 316 g/mol. The largest absolute Gasteiger partial charge is 0.450 e. The second kappa shape index (κ2) is 8.70. The number of piperazine rings is 1. The third-order valence-corrected chi connectivity index (χ3v) is 4.40. The molecule has 1 saturated heterocycles. The van der Waals surface area contributed by atoms with Crippen LogP contribution in [0.5, 0.6) is 0 Å². The molecular formula is C20H28N2O3. The molecule has 25 heavy (non-hydrogen) atoms. The van der Waals surface area contributed by atoms with Crippen LogP contribution in [0.2, 0.25) is 0 Å². The summed E-state index contributed by atoms with van der Waals surface area (Å²) in [6, 6.07) is 8.25. The Labute approximate surface area is 150 Å². The molecule has 1 fully saturated rings. The quantitative estimate of drug-likeness (QED) is 0.787. The van der Waals surface area contributed by atoms with E-state index in [9.17, 15) is 9.59 Å². The molecule has 1 aliphatic rings. The summed E-state index contributed by atoms with van der Waals surface area (Å²) in [5, 5.41) is 0. The highest BCUT2D eigenvalue weighted by atomic mass is 16.6. The van der Waals surface area contributed by atoms with Gasteiger partial charge in [-0.3, -0.25) is 4.79 Å². The molecule has 2 rings (SSSR count). The average molecular weight is 344 g/mol. The van der Waals surface area contributed by atoms with Crippen molar-refractivity contribution in [3.63, 3.8) is 0 Å². The number of hydrogen-bond donors (Lipinski definition) is 0. The summed E-state index contributed by atoms with van der Waals surface area (Å²) < 4.78 is 5.01. The molecule has 0 saturated carbocycles. The van der Waals surface area contributed by atoms with Crippen LogP contribution in [0.4, 0.5) is 4.79 Å². The van der Waals surface area contributed by atoms with Gasteiger partial charge in [0.05, 0.1) is 6.61 Å². The van der Waals surface area contributed by atoms with E-state index in [4.69, 9.17) is 4.74 Å². The van der Waals surface area contributed by atoms with Crippen LogP contribution in [-0.4, -0.2) is 54.6 Å². The van der Waals surface area contributed by atoms with Gasteiger partial charge in [-0.2, -0.15) is 0 Å². The predicted molar refractivity (Wildman–Crippen MR) is 99.2 cm³/mol. The molecule has 136 valence electrons. The Morgan fingerprint density at radius 2 is 1.64 bits per heavy atom. The first kappa shape index (κ1) is 19.0. The lowest BCUT2D eigenvalue weighted by Crippen LogP contribution is -2.50. The Balaban J connectivity index is 2.05. The van der Waals surface area contributed by atoms with Crippen LogP contribution < -0.4 is 0 Å². The van der Waals surface area contributed by atoms with Crippen molar-refractivity contribution in [2.24, 2.45) is 5.92 Å². The molecule has 5 heteroatoms. The van der Waals surface area contributed by atoms with Gasteiger partial charge in [0, 0.05) is 32.3 Å². The zero-order valence-electron chi connectivity index (χ0n) is 15.6. The molecule has 0 unspecified atom stereocenters. The van der Waals surface area contributed by atoms with Gasteiger partial charge in [-0.1, -0.05) is 43.7 Å². The molecule has 0 atom stereocenters. The minimum absolute atomic E-state index is 0.00721. The number of hydrogen-bond acceptors (Lipinski definition) is 3. The third-order valence-electron chi connectivity index (χ3n) is 4.40. The second-order valence-corrected chi connectivity index (χ2v) is 6.63. The van der Waals surface area contributed by atoms with Crippen LogP contribution in [0.3, 0.4) is 0 Å². The van der Waals surface area contributed by atoms with Gasteiger partial charge in [0.15, 0.2) is 0 Å². The van der Waals surface area contributed by atoms with E-state index in [0.717, 1.165) is 11.1 Å². The number of amides is 2. The summed E-state index contributed by atoms with van der Waals surface area (Å²) >= 11 is 0. The molecule has 1 aliphatic heterocycles. The molecule has 1 aromatic rings. The van der Waals surface area contributed by atoms with E-state index in [-0.39, 0.29) is 17.9 Å². The summed E-state index contributed by atoms with van der Waals surface area (Å²) in [6.45, 7) is 10.5. The lowest BCUT2D eigenvalue weighted by atomic mass is 9.94. The maximum atomic E-state index is 12.7. The van der Waals surface area contributed by atoms with Crippen LogP contribution in [0, 0.1) is 12.8 Å². The molecule has 1 heterocycles. The standard InChI is InChI=1S/C20H28N2O3/c1-5-25-20(24)22-12-10-21(11-13-22)19(23)14-18(15(2)3)17-8-6-16(4)7-9-17/h6-9,14-15H,5,10-13H2,1-4H3/b18-14+. The molecule has 2 amide bonds. The Morgan fingerprint density at radius 1 is 1.08 bits per heavy atom. The van der Waals surface area contributed by atoms with Crippen molar-refractivity contribution in [2.75, 3.05) is 32.8 Å². The van der Waals surface area contributed by atoms with E-state index in [2.05, 4.69) is 45.0 Å². The number of rotatable bonds is 4.